The standard InChI is InChI=1S/C60H92N12O10/c1-35(2)31-43-53(75)63-41(23-15-27-61)51(73)69-49(37(5)6)59(81)72-30-18-26-48(72)58(80)68-46(34-40-21-13-10-14-22-40)56(78)66-44(32-36(3)4)54(76)64-42(24-16-28-62)52(74)70-50(38(7)8)60(82)71-29-17-25-47(71)57(79)67-45(55(77)65-43)33-39-19-11-9-12-20-39/h9-14,19-22,35-38,41-50H,15-18,23-34,61-62H2,1-8H3,(H,63,75)(H,64,76)(H,65,77)(H,66,78)(H,67,79)(H,68,80)(H,69,73)(H,70,74). The van der Waals surface area contributed by atoms with E-state index in [9.17, 15) is 47.9 Å². The fraction of sp³-hybridized carbons (Fsp3) is 0.633. The van der Waals surface area contributed by atoms with Crippen molar-refractivity contribution in [2.24, 2.45) is 35.1 Å². The van der Waals surface area contributed by atoms with E-state index in [-0.39, 0.29) is 89.4 Å². The zero-order chi connectivity index (χ0) is 60.2. The molecular formula is C60H92N12O10. The Bertz CT molecular complexity index is 2330. The first-order valence-corrected chi connectivity index (χ1v) is 29.5. The summed E-state index contributed by atoms with van der Waals surface area (Å²) < 4.78 is 0. The fourth-order valence-electron chi connectivity index (χ4n) is 10.8. The second kappa shape index (κ2) is 32.0. The van der Waals surface area contributed by atoms with Gasteiger partial charge in [0.15, 0.2) is 0 Å². The highest BCUT2D eigenvalue weighted by atomic mass is 16.2. The molecule has 3 aliphatic heterocycles. The number of benzene rings is 2. The van der Waals surface area contributed by atoms with Crippen molar-refractivity contribution < 1.29 is 47.9 Å². The van der Waals surface area contributed by atoms with Gasteiger partial charge in [0.25, 0.3) is 0 Å². The van der Waals surface area contributed by atoms with Gasteiger partial charge in [0.1, 0.15) is 60.4 Å². The van der Waals surface area contributed by atoms with Crippen LogP contribution < -0.4 is 54.0 Å². The van der Waals surface area contributed by atoms with Crippen molar-refractivity contribution in [3.8, 4) is 0 Å². The number of hydrogen-bond donors (Lipinski definition) is 10. The van der Waals surface area contributed by atoms with Crippen LogP contribution in [0.15, 0.2) is 60.7 Å². The highest BCUT2D eigenvalue weighted by Gasteiger charge is 2.43. The van der Waals surface area contributed by atoms with Gasteiger partial charge in [-0.25, -0.2) is 0 Å². The molecule has 82 heavy (non-hydrogen) atoms. The lowest BCUT2D eigenvalue weighted by Crippen LogP contribution is -2.62. The maximum Gasteiger partial charge on any atom is 0.246 e. The van der Waals surface area contributed by atoms with Crippen molar-refractivity contribution in [3.63, 3.8) is 0 Å². The third-order valence-electron chi connectivity index (χ3n) is 15.3. The average molecular weight is 1140 g/mol. The van der Waals surface area contributed by atoms with Gasteiger partial charge < -0.3 is 63.8 Å². The Hall–Kier alpha value is -6.94. The van der Waals surface area contributed by atoms with Crippen LogP contribution in [0.5, 0.6) is 0 Å². The third-order valence-corrected chi connectivity index (χ3v) is 15.3. The Labute approximate surface area is 483 Å². The van der Waals surface area contributed by atoms with Gasteiger partial charge in [-0.1, -0.05) is 116 Å². The molecule has 3 fully saturated rings. The molecule has 452 valence electrons. The van der Waals surface area contributed by atoms with Crippen molar-refractivity contribution in [1.29, 1.82) is 0 Å². The Morgan fingerprint density at radius 1 is 0.415 bits per heavy atom. The summed E-state index contributed by atoms with van der Waals surface area (Å²) in [5.74, 6) is -7.73. The van der Waals surface area contributed by atoms with Crippen molar-refractivity contribution in [3.05, 3.63) is 71.8 Å². The molecule has 22 nitrogen and oxygen atoms in total. The van der Waals surface area contributed by atoms with Crippen LogP contribution in [0.3, 0.4) is 0 Å². The van der Waals surface area contributed by atoms with Crippen LogP contribution in [-0.4, -0.2) is 155 Å². The average Bonchev–Trinajstić information content (AvgIpc) is 4.16. The van der Waals surface area contributed by atoms with E-state index in [1.54, 1.807) is 76.2 Å². The molecule has 0 aliphatic carbocycles. The lowest BCUT2D eigenvalue weighted by atomic mass is 9.98. The minimum absolute atomic E-state index is 0.0113. The summed E-state index contributed by atoms with van der Waals surface area (Å²) in [6, 6.07) is 6.22. The number of amides is 10. The largest absolute Gasteiger partial charge is 0.343 e. The monoisotopic (exact) mass is 1140 g/mol. The number of fused-ring (bicyclic) bond motifs is 2. The molecule has 3 saturated heterocycles. The molecule has 10 atom stereocenters. The number of nitrogens with two attached hydrogens (primary N) is 2. The number of nitrogens with zero attached hydrogens (tertiary/aromatic N) is 2. The Balaban J connectivity index is 1.58. The number of rotatable bonds is 16. The van der Waals surface area contributed by atoms with Gasteiger partial charge in [-0.2, -0.15) is 0 Å². The summed E-state index contributed by atoms with van der Waals surface area (Å²) in [6.45, 7) is 15.1. The first-order chi connectivity index (χ1) is 39.0. The fourth-order valence-corrected chi connectivity index (χ4v) is 10.8. The zero-order valence-corrected chi connectivity index (χ0v) is 49.3. The van der Waals surface area contributed by atoms with Crippen molar-refractivity contribution in [2.75, 3.05) is 26.2 Å². The van der Waals surface area contributed by atoms with Crippen LogP contribution in [-0.2, 0) is 60.8 Å². The maximum absolute atomic E-state index is 14.7. The number of carbonyl (C=O) groups is 10. The molecule has 22 heteroatoms. The van der Waals surface area contributed by atoms with E-state index in [2.05, 4.69) is 42.5 Å². The van der Waals surface area contributed by atoms with Crippen LogP contribution in [0, 0.1) is 23.7 Å². The summed E-state index contributed by atoms with van der Waals surface area (Å²) in [5, 5.41) is 22.9. The van der Waals surface area contributed by atoms with E-state index in [0.29, 0.717) is 36.8 Å². The minimum atomic E-state index is -1.24. The van der Waals surface area contributed by atoms with Crippen LogP contribution in [0.2, 0.25) is 0 Å². The summed E-state index contributed by atoms with van der Waals surface area (Å²) in [4.78, 5) is 149. The third kappa shape index (κ3) is 19.1. The first kappa shape index (κ1) is 65.9. The molecule has 0 bridgehead atoms. The molecule has 0 saturated carbocycles. The molecule has 12 N–H and O–H groups in total. The lowest BCUT2D eigenvalue weighted by molar-refractivity contribution is -0.144. The molecule has 2 aromatic rings. The first-order valence-electron chi connectivity index (χ1n) is 29.5. The highest BCUT2D eigenvalue weighted by molar-refractivity contribution is 6.00. The van der Waals surface area contributed by atoms with E-state index in [4.69, 9.17) is 11.5 Å². The summed E-state index contributed by atoms with van der Waals surface area (Å²) in [5.41, 5.74) is 13.3. The second-order valence-electron chi connectivity index (χ2n) is 23.7. The highest BCUT2D eigenvalue weighted by Crippen LogP contribution is 2.24. The minimum Gasteiger partial charge on any atom is -0.343 e. The number of carbonyl (C=O) groups excluding carboxylic acids is 10. The zero-order valence-electron chi connectivity index (χ0n) is 49.3. The molecule has 3 heterocycles. The van der Waals surface area contributed by atoms with Gasteiger partial charge in [-0.05, 0) is 112 Å². The van der Waals surface area contributed by atoms with E-state index in [1.807, 2.05) is 39.8 Å². The predicted molar refractivity (Wildman–Crippen MR) is 310 cm³/mol. The maximum atomic E-state index is 14.7. The molecule has 0 spiro atoms. The lowest BCUT2D eigenvalue weighted by Gasteiger charge is -2.33. The number of nitrogens with one attached hydrogen (secondary N) is 8. The van der Waals surface area contributed by atoms with Crippen LogP contribution >= 0.6 is 0 Å². The Kier molecular flexibility index (Phi) is 25.7. The Morgan fingerprint density at radius 3 is 1.04 bits per heavy atom. The number of hydrogen-bond acceptors (Lipinski definition) is 12. The van der Waals surface area contributed by atoms with Gasteiger partial charge in [-0.3, -0.25) is 47.9 Å². The Morgan fingerprint density at radius 2 is 0.720 bits per heavy atom. The van der Waals surface area contributed by atoms with Crippen LogP contribution in [0.25, 0.3) is 0 Å². The van der Waals surface area contributed by atoms with Gasteiger partial charge in [0.05, 0.1) is 0 Å². The van der Waals surface area contributed by atoms with Crippen molar-refractivity contribution >= 4 is 59.1 Å². The molecular weight excluding hydrogens is 1050 g/mol. The SMILES string of the molecule is CC(C)CC1NC(=O)C(Cc2ccccc2)NC(=O)C2CCCN2C(=O)C(C(C)C)NC(=O)C(CCCN)NC(=O)C(CC(C)C)NC(=O)C(Cc2ccccc2)NC(=O)C2CCCN2C(=O)C(C(C)C)NC(=O)C(CCCN)NC1=O. The van der Waals surface area contributed by atoms with Crippen LogP contribution in [0.4, 0.5) is 0 Å². The second-order valence-corrected chi connectivity index (χ2v) is 23.7. The van der Waals surface area contributed by atoms with Crippen molar-refractivity contribution in [2.45, 2.75) is 193 Å². The van der Waals surface area contributed by atoms with Crippen molar-refractivity contribution in [1.82, 2.24) is 52.3 Å². The smallest absolute Gasteiger partial charge is 0.246 e. The van der Waals surface area contributed by atoms with Gasteiger partial charge in [-0.15, -0.1) is 0 Å². The van der Waals surface area contributed by atoms with E-state index in [0.717, 1.165) is 0 Å². The summed E-state index contributed by atoms with van der Waals surface area (Å²) in [6.07, 6.45) is 2.43. The van der Waals surface area contributed by atoms with Gasteiger partial charge in [0, 0.05) is 25.9 Å². The normalized spacial score (nSPS) is 26.6. The molecule has 2 aromatic carbocycles. The van der Waals surface area contributed by atoms with E-state index >= 15 is 0 Å². The van der Waals surface area contributed by atoms with E-state index in [1.165, 1.54) is 9.80 Å². The quantitative estimate of drug-likeness (QED) is 0.114. The molecule has 5 rings (SSSR count). The van der Waals surface area contributed by atoms with E-state index < -0.39 is 131 Å². The summed E-state index contributed by atoms with van der Waals surface area (Å²) >= 11 is 0. The molecule has 3 aliphatic rings. The molecule has 0 radical (unpaired) electrons. The van der Waals surface area contributed by atoms with Gasteiger partial charge in [0.2, 0.25) is 59.1 Å². The van der Waals surface area contributed by atoms with Crippen LogP contribution in [0.1, 0.15) is 131 Å². The predicted octanol–water partition coefficient (Wildman–Crippen LogP) is 1.23. The molecule has 0 aromatic heterocycles. The molecule has 10 unspecified atom stereocenters. The topological polar surface area (TPSA) is 325 Å². The summed E-state index contributed by atoms with van der Waals surface area (Å²) in [7, 11) is 0. The molecule has 10 amide bonds. The van der Waals surface area contributed by atoms with Gasteiger partial charge >= 0.3 is 0 Å².